The monoisotopic (exact) mass is 356 g/mol. The van der Waals surface area contributed by atoms with Crippen LogP contribution in [0.15, 0.2) is 12.1 Å². The molecule has 0 radical (unpaired) electrons. The molecule has 25 heavy (non-hydrogen) atoms. The van der Waals surface area contributed by atoms with Crippen molar-refractivity contribution in [2.24, 2.45) is 0 Å². The maximum Gasteiger partial charge on any atom is 0.307 e. The van der Waals surface area contributed by atoms with Crippen molar-refractivity contribution in [3.8, 4) is 0 Å². The number of nitro benzene ring substituents is 1. The predicted octanol–water partition coefficient (Wildman–Crippen LogP) is 2.68. The number of nitrogens with one attached hydrogen (secondary N) is 1. The minimum Gasteiger partial charge on any atom is -0.349 e. The third kappa shape index (κ3) is 3.77. The Morgan fingerprint density at radius 1 is 1.28 bits per heavy atom. The second kappa shape index (κ2) is 7.01. The molecule has 2 aliphatic rings. The van der Waals surface area contributed by atoms with Crippen LogP contribution in [0.25, 0.3) is 0 Å². The molecule has 1 aliphatic heterocycles. The van der Waals surface area contributed by atoms with Crippen LogP contribution in [-0.4, -0.2) is 35.9 Å². The molecule has 1 aromatic carbocycles. The van der Waals surface area contributed by atoms with Crippen molar-refractivity contribution in [3.63, 3.8) is 0 Å². The molecule has 0 unspecified atom stereocenters. The fourth-order valence-corrected chi connectivity index (χ4v) is 3.22. The van der Waals surface area contributed by atoms with Gasteiger partial charge in [-0.15, -0.1) is 0 Å². The van der Waals surface area contributed by atoms with E-state index in [0.717, 1.165) is 32.1 Å². The normalized spacial score (nSPS) is 22.1. The van der Waals surface area contributed by atoms with Crippen molar-refractivity contribution in [1.29, 1.82) is 0 Å². The highest BCUT2D eigenvalue weighted by atomic mass is 19.1. The Balaban J connectivity index is 1.60. The molecule has 1 aromatic rings. The molecule has 136 valence electrons. The second-order valence-electron chi connectivity index (χ2n) is 6.27. The summed E-state index contributed by atoms with van der Waals surface area (Å²) < 4.78 is 39.0. The third-order valence-electron chi connectivity index (χ3n) is 4.50. The summed E-state index contributed by atoms with van der Waals surface area (Å²) in [7, 11) is 0. The van der Waals surface area contributed by atoms with Crippen LogP contribution in [0.1, 0.15) is 42.5 Å². The van der Waals surface area contributed by atoms with Crippen LogP contribution in [0.5, 0.6) is 0 Å². The molecule has 1 aliphatic carbocycles. The van der Waals surface area contributed by atoms with Gasteiger partial charge in [0.25, 0.3) is 5.91 Å². The van der Waals surface area contributed by atoms with E-state index >= 15 is 0 Å². The van der Waals surface area contributed by atoms with Crippen LogP contribution in [-0.2, 0) is 9.47 Å². The van der Waals surface area contributed by atoms with Gasteiger partial charge >= 0.3 is 5.69 Å². The van der Waals surface area contributed by atoms with Crippen LogP contribution >= 0.6 is 0 Å². The van der Waals surface area contributed by atoms with E-state index in [2.05, 4.69) is 5.32 Å². The molecule has 1 N–H and O–H groups in total. The van der Waals surface area contributed by atoms with Gasteiger partial charge in [-0.1, -0.05) is 6.42 Å². The molecule has 1 amide bonds. The van der Waals surface area contributed by atoms with E-state index in [-0.39, 0.29) is 12.6 Å². The molecule has 1 heterocycles. The van der Waals surface area contributed by atoms with Gasteiger partial charge in [-0.05, 0) is 18.9 Å². The van der Waals surface area contributed by atoms with Crippen molar-refractivity contribution >= 4 is 11.6 Å². The van der Waals surface area contributed by atoms with E-state index in [1.165, 1.54) is 0 Å². The van der Waals surface area contributed by atoms with Crippen molar-refractivity contribution in [3.05, 3.63) is 39.4 Å². The van der Waals surface area contributed by atoms with Gasteiger partial charge in [-0.25, -0.2) is 4.39 Å². The van der Waals surface area contributed by atoms with Crippen molar-refractivity contribution in [2.75, 3.05) is 13.2 Å². The van der Waals surface area contributed by atoms with Gasteiger partial charge in [0.15, 0.2) is 5.79 Å². The Morgan fingerprint density at radius 2 is 2.00 bits per heavy atom. The summed E-state index contributed by atoms with van der Waals surface area (Å²) in [4.78, 5) is 21.6. The fourth-order valence-electron chi connectivity index (χ4n) is 3.22. The molecule has 0 bridgehead atoms. The number of ether oxygens (including phenoxy) is 2. The largest absolute Gasteiger partial charge is 0.349 e. The van der Waals surface area contributed by atoms with Gasteiger partial charge in [0, 0.05) is 19.4 Å². The first-order valence-electron chi connectivity index (χ1n) is 8.14. The zero-order valence-corrected chi connectivity index (χ0v) is 13.4. The lowest BCUT2D eigenvalue weighted by atomic mass is 9.94. The maximum absolute atomic E-state index is 13.8. The molecule has 9 heteroatoms. The van der Waals surface area contributed by atoms with Gasteiger partial charge in [0.1, 0.15) is 11.9 Å². The van der Waals surface area contributed by atoms with Gasteiger partial charge in [0.05, 0.1) is 23.2 Å². The number of benzene rings is 1. The highest BCUT2D eigenvalue weighted by molar-refractivity contribution is 5.94. The van der Waals surface area contributed by atoms with Crippen LogP contribution in [0.4, 0.5) is 14.5 Å². The van der Waals surface area contributed by atoms with E-state index in [1.807, 2.05) is 0 Å². The average molecular weight is 356 g/mol. The van der Waals surface area contributed by atoms with Crippen molar-refractivity contribution in [2.45, 2.75) is 44.0 Å². The van der Waals surface area contributed by atoms with Gasteiger partial charge in [-0.3, -0.25) is 14.9 Å². The smallest absolute Gasteiger partial charge is 0.307 e. The molecule has 3 rings (SSSR count). The summed E-state index contributed by atoms with van der Waals surface area (Å²) in [6, 6.07) is 0.924. The number of rotatable bonds is 4. The Hall–Kier alpha value is -2.13. The number of carbonyl (C=O) groups is 1. The fraction of sp³-hybridized carbons (Fsp3) is 0.562. The molecule has 1 atom stereocenters. The third-order valence-corrected chi connectivity index (χ3v) is 4.50. The summed E-state index contributed by atoms with van der Waals surface area (Å²) in [5.74, 6) is -3.87. The SMILES string of the molecule is O=C(NC[C@H]1COC2(CCCCC2)O1)c1cc(F)c([N+](=O)[O-])cc1F. The number of carbonyl (C=O) groups excluding carboxylic acids is 1. The van der Waals surface area contributed by atoms with Crippen LogP contribution < -0.4 is 5.32 Å². The highest BCUT2D eigenvalue weighted by Gasteiger charge is 2.42. The van der Waals surface area contributed by atoms with E-state index < -0.39 is 39.5 Å². The number of hydrogen-bond acceptors (Lipinski definition) is 5. The second-order valence-corrected chi connectivity index (χ2v) is 6.27. The zero-order chi connectivity index (χ0) is 18.0. The molecule has 7 nitrogen and oxygen atoms in total. The summed E-state index contributed by atoms with van der Waals surface area (Å²) in [5.41, 5.74) is -1.60. The number of nitrogens with zero attached hydrogens (tertiary/aromatic N) is 1. The highest BCUT2D eigenvalue weighted by Crippen LogP contribution is 2.37. The van der Waals surface area contributed by atoms with E-state index in [4.69, 9.17) is 9.47 Å². The van der Waals surface area contributed by atoms with E-state index in [1.54, 1.807) is 0 Å². The van der Waals surface area contributed by atoms with Crippen LogP contribution in [0, 0.1) is 21.7 Å². The minimum atomic E-state index is -1.27. The standard InChI is InChI=1S/C16H18F2N2O5/c17-12-7-14(20(22)23)13(18)6-11(12)15(21)19-8-10-9-24-16(25-10)4-2-1-3-5-16/h6-7,10H,1-5,8-9H2,(H,19,21)/t10-/m0/s1. The van der Waals surface area contributed by atoms with Crippen LogP contribution in [0.3, 0.4) is 0 Å². The maximum atomic E-state index is 13.8. The average Bonchev–Trinajstić information content (AvgIpc) is 2.97. The van der Waals surface area contributed by atoms with Gasteiger partial charge in [-0.2, -0.15) is 4.39 Å². The lowest BCUT2D eigenvalue weighted by Crippen LogP contribution is -2.37. The summed E-state index contributed by atoms with van der Waals surface area (Å²) in [6.45, 7) is 0.399. The molecular weight excluding hydrogens is 338 g/mol. The van der Waals surface area contributed by atoms with E-state index in [9.17, 15) is 23.7 Å². The lowest BCUT2D eigenvalue weighted by molar-refractivity contribution is -0.387. The van der Waals surface area contributed by atoms with Crippen LogP contribution in [0.2, 0.25) is 0 Å². The summed E-state index contributed by atoms with van der Waals surface area (Å²) in [6.07, 6.45) is 4.42. The lowest BCUT2D eigenvalue weighted by Gasteiger charge is -2.31. The molecule has 1 spiro atoms. The Bertz CT molecular complexity index is 691. The summed E-state index contributed by atoms with van der Waals surface area (Å²) in [5, 5.41) is 13.0. The minimum absolute atomic E-state index is 0.0820. The zero-order valence-electron chi connectivity index (χ0n) is 13.4. The molecular formula is C16H18F2N2O5. The number of nitro groups is 1. The first-order chi connectivity index (χ1) is 11.9. The van der Waals surface area contributed by atoms with Gasteiger partial charge in [0.2, 0.25) is 5.82 Å². The summed E-state index contributed by atoms with van der Waals surface area (Å²) >= 11 is 0. The molecule has 1 saturated carbocycles. The Labute approximate surface area is 142 Å². The molecule has 1 saturated heterocycles. The number of hydrogen-bond donors (Lipinski definition) is 1. The van der Waals surface area contributed by atoms with Gasteiger partial charge < -0.3 is 14.8 Å². The quantitative estimate of drug-likeness (QED) is 0.662. The first kappa shape index (κ1) is 17.7. The topological polar surface area (TPSA) is 90.7 Å². The molecule has 2 fully saturated rings. The van der Waals surface area contributed by atoms with E-state index in [0.29, 0.717) is 18.7 Å². The Morgan fingerprint density at radius 3 is 2.68 bits per heavy atom. The van der Waals surface area contributed by atoms with Crippen molar-refractivity contribution in [1.82, 2.24) is 5.32 Å². The molecule has 0 aromatic heterocycles. The Kier molecular flexibility index (Phi) is 4.96. The van der Waals surface area contributed by atoms with Crippen molar-refractivity contribution < 1.29 is 28.0 Å². The number of amides is 1. The predicted molar refractivity (Wildman–Crippen MR) is 82.0 cm³/mol. The number of halogens is 2. The first-order valence-corrected chi connectivity index (χ1v) is 8.14.